The van der Waals surface area contributed by atoms with Gasteiger partial charge in [-0.1, -0.05) is 37.0 Å². The lowest BCUT2D eigenvalue weighted by Crippen LogP contribution is -2.37. The molecular weight excluding hydrogens is 371 g/mol. The maximum atomic E-state index is 12.5. The number of nitrogens with one attached hydrogen (secondary N) is 1. The predicted octanol–water partition coefficient (Wildman–Crippen LogP) is 5.18. The van der Waals surface area contributed by atoms with E-state index in [2.05, 4.69) is 19.2 Å². The third-order valence-corrected chi connectivity index (χ3v) is 4.81. The number of benzene rings is 2. The van der Waals surface area contributed by atoms with Crippen LogP contribution in [0.2, 0.25) is 10.0 Å². The van der Waals surface area contributed by atoms with Crippen LogP contribution in [0.1, 0.15) is 36.2 Å². The molecule has 0 unspecified atom stereocenters. The van der Waals surface area contributed by atoms with Gasteiger partial charge in [0.15, 0.2) is 0 Å². The smallest absolute Gasteiger partial charge is 0.257 e. The fourth-order valence-electron chi connectivity index (χ4n) is 3.08. The fourth-order valence-corrected chi connectivity index (χ4v) is 3.57. The van der Waals surface area contributed by atoms with Gasteiger partial charge in [0.2, 0.25) is 5.91 Å². The number of carbonyl (C=O) groups is 2. The van der Waals surface area contributed by atoms with Crippen LogP contribution in [0.5, 0.6) is 0 Å². The van der Waals surface area contributed by atoms with Gasteiger partial charge in [-0.05, 0) is 54.3 Å². The average Bonchev–Trinajstić information content (AvgIpc) is 2.57. The van der Waals surface area contributed by atoms with Crippen LogP contribution in [-0.2, 0) is 11.2 Å². The number of carbonyl (C=O) groups excluding carboxylic acids is 2. The van der Waals surface area contributed by atoms with Crippen LogP contribution >= 0.6 is 23.2 Å². The van der Waals surface area contributed by atoms with Crippen LogP contribution in [0.25, 0.3) is 0 Å². The van der Waals surface area contributed by atoms with Gasteiger partial charge < -0.3 is 10.2 Å². The minimum atomic E-state index is -0.294. The molecular formula is C20H20Cl2N2O2. The third-order valence-electron chi connectivity index (χ3n) is 4.26. The molecule has 0 spiro atoms. The van der Waals surface area contributed by atoms with Crippen molar-refractivity contribution < 1.29 is 9.59 Å². The Balaban J connectivity index is 1.83. The highest BCUT2D eigenvalue weighted by molar-refractivity contribution is 6.37. The number of amides is 2. The number of nitrogens with zero attached hydrogens (tertiary/aromatic N) is 1. The molecule has 0 aliphatic carbocycles. The van der Waals surface area contributed by atoms with Gasteiger partial charge in [0.05, 0.1) is 10.6 Å². The summed E-state index contributed by atoms with van der Waals surface area (Å²) in [5.74, 6) is 0.241. The summed E-state index contributed by atoms with van der Waals surface area (Å²) in [5.41, 5.74) is 3.03. The molecule has 0 radical (unpaired) electrons. The van der Waals surface area contributed by atoms with E-state index in [-0.39, 0.29) is 11.8 Å². The van der Waals surface area contributed by atoms with Crippen LogP contribution in [-0.4, -0.2) is 18.4 Å². The summed E-state index contributed by atoms with van der Waals surface area (Å²) in [7, 11) is 0. The Morgan fingerprint density at radius 3 is 2.62 bits per heavy atom. The lowest BCUT2D eigenvalue weighted by Gasteiger charge is -2.31. The van der Waals surface area contributed by atoms with Crippen molar-refractivity contribution in [3.05, 3.63) is 57.6 Å². The normalized spacial score (nSPS) is 13.7. The minimum Gasteiger partial charge on any atom is -0.322 e. The lowest BCUT2D eigenvalue weighted by atomic mass is 9.99. The summed E-state index contributed by atoms with van der Waals surface area (Å²) in [4.78, 5) is 26.5. The first-order chi connectivity index (χ1) is 12.3. The molecule has 0 bridgehead atoms. The molecule has 0 fully saturated rings. The second kappa shape index (κ2) is 7.68. The number of rotatable bonds is 4. The van der Waals surface area contributed by atoms with Crippen molar-refractivity contribution in [1.82, 2.24) is 0 Å². The SMILES string of the molecule is CC(C)CN1C(=O)CCc2cc(NC(=O)c3ccc(Cl)cc3Cl)ccc21. The van der Waals surface area contributed by atoms with Crippen molar-refractivity contribution in [2.75, 3.05) is 16.8 Å². The van der Waals surface area contributed by atoms with Crippen LogP contribution in [0, 0.1) is 5.92 Å². The van der Waals surface area contributed by atoms with Crippen molar-refractivity contribution in [3.63, 3.8) is 0 Å². The summed E-state index contributed by atoms with van der Waals surface area (Å²) >= 11 is 12.0. The number of halogens is 2. The Kier molecular flexibility index (Phi) is 5.54. The van der Waals surface area contributed by atoms with Crippen LogP contribution in [0.15, 0.2) is 36.4 Å². The Labute approximate surface area is 163 Å². The van der Waals surface area contributed by atoms with Gasteiger partial charge in [-0.25, -0.2) is 0 Å². The molecule has 136 valence electrons. The Hall–Kier alpha value is -2.04. The molecule has 0 saturated heterocycles. The van der Waals surface area contributed by atoms with Crippen molar-refractivity contribution in [2.24, 2.45) is 5.92 Å². The fraction of sp³-hybridized carbons (Fsp3) is 0.300. The monoisotopic (exact) mass is 390 g/mol. The number of anilines is 2. The Morgan fingerprint density at radius 2 is 1.92 bits per heavy atom. The second-order valence-corrected chi connectivity index (χ2v) is 7.66. The molecule has 3 rings (SSSR count). The van der Waals surface area contributed by atoms with E-state index in [0.29, 0.717) is 46.6 Å². The highest BCUT2D eigenvalue weighted by Gasteiger charge is 2.25. The van der Waals surface area contributed by atoms with Crippen molar-refractivity contribution in [2.45, 2.75) is 26.7 Å². The van der Waals surface area contributed by atoms with Gasteiger partial charge in [-0.3, -0.25) is 9.59 Å². The summed E-state index contributed by atoms with van der Waals surface area (Å²) in [6, 6.07) is 10.4. The standard InChI is InChI=1S/C20H20Cl2N2O2/c1-12(2)11-24-18-7-5-15(9-13(18)3-8-19(24)25)23-20(26)16-6-4-14(21)10-17(16)22/h4-7,9-10,12H,3,8,11H2,1-2H3,(H,23,26). The highest BCUT2D eigenvalue weighted by Crippen LogP contribution is 2.31. The first-order valence-electron chi connectivity index (χ1n) is 8.55. The first-order valence-corrected chi connectivity index (χ1v) is 9.30. The number of hydrogen-bond donors (Lipinski definition) is 1. The topological polar surface area (TPSA) is 49.4 Å². The van der Waals surface area contributed by atoms with E-state index in [4.69, 9.17) is 23.2 Å². The molecule has 0 aromatic heterocycles. The summed E-state index contributed by atoms with van der Waals surface area (Å²) in [6.07, 6.45) is 1.16. The molecule has 0 atom stereocenters. The maximum Gasteiger partial charge on any atom is 0.257 e. The van der Waals surface area contributed by atoms with E-state index in [0.717, 1.165) is 11.3 Å². The molecule has 2 amide bonds. The maximum absolute atomic E-state index is 12.5. The van der Waals surface area contributed by atoms with Gasteiger partial charge in [0.1, 0.15) is 0 Å². The summed E-state index contributed by atoms with van der Waals surface area (Å²) in [6.45, 7) is 4.87. The average molecular weight is 391 g/mol. The molecule has 1 N–H and O–H groups in total. The van der Waals surface area contributed by atoms with Gasteiger partial charge in [-0.15, -0.1) is 0 Å². The van der Waals surface area contributed by atoms with Gasteiger partial charge in [0.25, 0.3) is 5.91 Å². The van der Waals surface area contributed by atoms with E-state index in [1.807, 2.05) is 23.1 Å². The van der Waals surface area contributed by atoms with E-state index in [1.165, 1.54) is 0 Å². The highest BCUT2D eigenvalue weighted by atomic mass is 35.5. The number of hydrogen-bond acceptors (Lipinski definition) is 2. The van der Waals surface area contributed by atoms with Crippen LogP contribution in [0.4, 0.5) is 11.4 Å². The van der Waals surface area contributed by atoms with E-state index < -0.39 is 0 Å². The zero-order chi connectivity index (χ0) is 18.8. The molecule has 26 heavy (non-hydrogen) atoms. The largest absolute Gasteiger partial charge is 0.322 e. The molecule has 2 aromatic rings. The number of aryl methyl sites for hydroxylation is 1. The van der Waals surface area contributed by atoms with Gasteiger partial charge in [0, 0.05) is 29.4 Å². The molecule has 1 heterocycles. The predicted molar refractivity (Wildman–Crippen MR) is 106 cm³/mol. The summed E-state index contributed by atoms with van der Waals surface area (Å²) in [5, 5.41) is 3.65. The first kappa shape index (κ1) is 18.7. The molecule has 0 saturated carbocycles. The second-order valence-electron chi connectivity index (χ2n) is 6.82. The molecule has 1 aliphatic heterocycles. The van der Waals surface area contributed by atoms with Crippen LogP contribution in [0.3, 0.4) is 0 Å². The van der Waals surface area contributed by atoms with Crippen molar-refractivity contribution >= 4 is 46.4 Å². The minimum absolute atomic E-state index is 0.149. The summed E-state index contributed by atoms with van der Waals surface area (Å²) < 4.78 is 0. The van der Waals surface area contributed by atoms with Crippen LogP contribution < -0.4 is 10.2 Å². The third kappa shape index (κ3) is 4.02. The van der Waals surface area contributed by atoms with Gasteiger partial charge in [-0.2, -0.15) is 0 Å². The quantitative estimate of drug-likeness (QED) is 0.781. The lowest BCUT2D eigenvalue weighted by molar-refractivity contribution is -0.119. The Morgan fingerprint density at radius 1 is 1.15 bits per heavy atom. The Bertz CT molecular complexity index is 865. The van der Waals surface area contributed by atoms with Gasteiger partial charge >= 0.3 is 0 Å². The van der Waals surface area contributed by atoms with E-state index in [9.17, 15) is 9.59 Å². The van der Waals surface area contributed by atoms with E-state index >= 15 is 0 Å². The van der Waals surface area contributed by atoms with Crippen molar-refractivity contribution in [1.29, 1.82) is 0 Å². The molecule has 6 heteroatoms. The zero-order valence-corrected chi connectivity index (χ0v) is 16.2. The molecule has 2 aromatic carbocycles. The van der Waals surface area contributed by atoms with E-state index in [1.54, 1.807) is 18.2 Å². The molecule has 1 aliphatic rings. The number of fused-ring (bicyclic) bond motifs is 1. The zero-order valence-electron chi connectivity index (χ0n) is 14.7. The molecule has 4 nitrogen and oxygen atoms in total. The van der Waals surface area contributed by atoms with Crippen molar-refractivity contribution in [3.8, 4) is 0 Å².